The number of para-hydroxylation sites is 1. The lowest BCUT2D eigenvalue weighted by Crippen LogP contribution is -2.15. The topological polar surface area (TPSA) is 54.9 Å². The molecular weight excluding hydrogens is 498 g/mol. The summed E-state index contributed by atoms with van der Waals surface area (Å²) in [4.78, 5) is 23.3. The van der Waals surface area contributed by atoms with Crippen LogP contribution in [0.25, 0.3) is 42.9 Å². The second-order valence-corrected chi connectivity index (χ2v) is 10.5. The highest BCUT2D eigenvalue weighted by atomic mass is 35.5. The highest BCUT2D eigenvalue weighted by Crippen LogP contribution is 2.33. The van der Waals surface area contributed by atoms with Crippen molar-refractivity contribution in [3.63, 3.8) is 0 Å². The minimum atomic E-state index is -0.172. The number of carbonyl (C=O) groups excluding carboxylic acids is 1. The molecule has 37 heavy (non-hydrogen) atoms. The molecular formula is C31H22ClN3OS. The zero-order chi connectivity index (χ0) is 25.5. The third-order valence-corrected chi connectivity index (χ3v) is 7.73. The summed E-state index contributed by atoms with van der Waals surface area (Å²) in [7, 11) is 0. The van der Waals surface area contributed by atoms with E-state index in [4.69, 9.17) is 21.6 Å². The van der Waals surface area contributed by atoms with E-state index in [1.54, 1.807) is 11.3 Å². The number of fused-ring (bicyclic) bond motifs is 2. The molecule has 0 saturated carbocycles. The van der Waals surface area contributed by atoms with Crippen LogP contribution in [0.2, 0.25) is 5.02 Å². The lowest BCUT2D eigenvalue weighted by molar-refractivity contribution is 0.102. The van der Waals surface area contributed by atoms with Crippen molar-refractivity contribution in [2.24, 2.45) is 0 Å². The molecule has 0 radical (unpaired) electrons. The number of anilines is 1. The predicted octanol–water partition coefficient (Wildman–Crippen LogP) is 8.70. The predicted molar refractivity (Wildman–Crippen MR) is 155 cm³/mol. The third kappa shape index (κ3) is 4.48. The zero-order valence-corrected chi connectivity index (χ0v) is 21.8. The van der Waals surface area contributed by atoms with E-state index in [1.165, 1.54) is 10.3 Å². The van der Waals surface area contributed by atoms with Crippen LogP contribution < -0.4 is 5.32 Å². The number of benzene rings is 4. The molecule has 1 N–H and O–H groups in total. The normalized spacial score (nSPS) is 11.2. The van der Waals surface area contributed by atoms with Crippen LogP contribution in [-0.2, 0) is 0 Å². The number of pyridine rings is 1. The van der Waals surface area contributed by atoms with E-state index in [0.29, 0.717) is 10.6 Å². The Morgan fingerprint density at radius 1 is 0.811 bits per heavy atom. The standard InChI is InChI=1S/C31H22ClN3OS/c1-18-7-16-26-27(17-18)37-31(35-26)21-10-14-23(15-11-21)33-30(36)28-19(2)29(20-8-12-22(32)13-9-20)34-25-6-4-3-5-24(25)28/h3-17H,1-2H3,(H,33,36). The molecule has 0 spiro atoms. The van der Waals surface area contributed by atoms with Crippen LogP contribution in [0, 0.1) is 13.8 Å². The molecule has 0 bridgehead atoms. The van der Waals surface area contributed by atoms with E-state index < -0.39 is 0 Å². The fraction of sp³-hybridized carbons (Fsp3) is 0.0645. The van der Waals surface area contributed by atoms with Crippen LogP contribution >= 0.6 is 22.9 Å². The Kier molecular flexibility index (Phi) is 5.95. The molecule has 0 aliphatic rings. The molecule has 6 rings (SSSR count). The lowest BCUT2D eigenvalue weighted by Gasteiger charge is -2.15. The molecule has 180 valence electrons. The number of aromatic nitrogens is 2. The summed E-state index contributed by atoms with van der Waals surface area (Å²) in [6.07, 6.45) is 0. The molecule has 6 heteroatoms. The van der Waals surface area contributed by atoms with Gasteiger partial charge in [0, 0.05) is 27.2 Å². The molecule has 0 aliphatic heterocycles. The Balaban J connectivity index is 1.34. The second kappa shape index (κ2) is 9.43. The minimum Gasteiger partial charge on any atom is -0.322 e. The number of nitrogens with one attached hydrogen (secondary N) is 1. The van der Waals surface area contributed by atoms with Gasteiger partial charge in [0.25, 0.3) is 5.91 Å². The van der Waals surface area contributed by atoms with Gasteiger partial charge in [-0.2, -0.15) is 0 Å². The van der Waals surface area contributed by atoms with Crippen molar-refractivity contribution in [2.45, 2.75) is 13.8 Å². The molecule has 0 saturated heterocycles. The average Bonchev–Trinajstić information content (AvgIpc) is 3.32. The molecule has 4 aromatic carbocycles. The van der Waals surface area contributed by atoms with Crippen molar-refractivity contribution in [2.75, 3.05) is 5.32 Å². The van der Waals surface area contributed by atoms with Gasteiger partial charge in [-0.25, -0.2) is 9.97 Å². The quantitative estimate of drug-likeness (QED) is 0.253. The van der Waals surface area contributed by atoms with E-state index in [9.17, 15) is 4.79 Å². The average molecular weight is 520 g/mol. The van der Waals surface area contributed by atoms with Crippen LogP contribution in [0.1, 0.15) is 21.5 Å². The second-order valence-electron chi connectivity index (χ2n) is 9.01. The van der Waals surface area contributed by atoms with Gasteiger partial charge in [0.2, 0.25) is 0 Å². The zero-order valence-electron chi connectivity index (χ0n) is 20.2. The van der Waals surface area contributed by atoms with Crippen molar-refractivity contribution in [3.05, 3.63) is 113 Å². The number of nitrogens with zero attached hydrogens (tertiary/aromatic N) is 2. The third-order valence-electron chi connectivity index (χ3n) is 6.41. The van der Waals surface area contributed by atoms with Gasteiger partial charge in [-0.05, 0) is 79.6 Å². The summed E-state index contributed by atoms with van der Waals surface area (Å²) in [5.41, 5.74) is 7.84. The van der Waals surface area contributed by atoms with E-state index in [-0.39, 0.29) is 5.91 Å². The fourth-order valence-electron chi connectivity index (χ4n) is 4.53. The number of hydrogen-bond acceptors (Lipinski definition) is 4. The fourth-order valence-corrected chi connectivity index (χ4v) is 5.73. The summed E-state index contributed by atoms with van der Waals surface area (Å²) in [5.74, 6) is -0.172. The van der Waals surface area contributed by atoms with Gasteiger partial charge >= 0.3 is 0 Å². The molecule has 0 unspecified atom stereocenters. The first-order valence-electron chi connectivity index (χ1n) is 11.9. The van der Waals surface area contributed by atoms with Crippen molar-refractivity contribution >= 4 is 55.7 Å². The molecule has 0 aliphatic carbocycles. The van der Waals surface area contributed by atoms with Crippen LogP contribution in [-0.4, -0.2) is 15.9 Å². The highest BCUT2D eigenvalue weighted by molar-refractivity contribution is 7.21. The number of aryl methyl sites for hydroxylation is 1. The number of amides is 1. The smallest absolute Gasteiger partial charge is 0.256 e. The number of rotatable bonds is 4. The maximum atomic E-state index is 13.6. The summed E-state index contributed by atoms with van der Waals surface area (Å²) < 4.78 is 1.17. The molecule has 2 aromatic heterocycles. The first-order valence-corrected chi connectivity index (χ1v) is 13.1. The van der Waals surface area contributed by atoms with Crippen molar-refractivity contribution in [3.8, 4) is 21.8 Å². The first-order chi connectivity index (χ1) is 18.0. The Bertz CT molecular complexity index is 1790. The van der Waals surface area contributed by atoms with Crippen LogP contribution in [0.5, 0.6) is 0 Å². The van der Waals surface area contributed by atoms with Crippen LogP contribution in [0.4, 0.5) is 5.69 Å². The summed E-state index contributed by atoms with van der Waals surface area (Å²) in [6.45, 7) is 4.03. The molecule has 0 fully saturated rings. The highest BCUT2D eigenvalue weighted by Gasteiger charge is 2.19. The van der Waals surface area contributed by atoms with E-state index >= 15 is 0 Å². The van der Waals surface area contributed by atoms with Crippen molar-refractivity contribution in [1.29, 1.82) is 0 Å². The number of hydrogen-bond donors (Lipinski definition) is 1. The monoisotopic (exact) mass is 519 g/mol. The van der Waals surface area contributed by atoms with E-state index in [2.05, 4.69) is 30.4 Å². The van der Waals surface area contributed by atoms with Gasteiger partial charge in [-0.3, -0.25) is 4.79 Å². The SMILES string of the molecule is Cc1ccc2nc(-c3ccc(NC(=O)c4c(C)c(-c5ccc(Cl)cc5)nc5ccccc45)cc3)sc2c1. The minimum absolute atomic E-state index is 0.172. The number of halogens is 1. The van der Waals surface area contributed by atoms with Crippen molar-refractivity contribution < 1.29 is 4.79 Å². The molecule has 1 amide bonds. The van der Waals surface area contributed by atoms with E-state index in [1.807, 2.05) is 79.7 Å². The Labute approximate surface area is 223 Å². The molecule has 0 atom stereocenters. The van der Waals surface area contributed by atoms with Gasteiger partial charge in [-0.1, -0.05) is 48.0 Å². The van der Waals surface area contributed by atoms with Crippen LogP contribution in [0.3, 0.4) is 0 Å². The first kappa shape index (κ1) is 23.3. The maximum absolute atomic E-state index is 13.6. The summed E-state index contributed by atoms with van der Waals surface area (Å²) in [6, 6.07) is 29.4. The van der Waals surface area contributed by atoms with Crippen LogP contribution in [0.15, 0.2) is 91.0 Å². The van der Waals surface area contributed by atoms with Gasteiger partial charge in [0.1, 0.15) is 5.01 Å². The Morgan fingerprint density at radius 3 is 2.32 bits per heavy atom. The van der Waals surface area contributed by atoms with E-state index in [0.717, 1.165) is 49.5 Å². The summed E-state index contributed by atoms with van der Waals surface area (Å²) >= 11 is 7.77. The Morgan fingerprint density at radius 2 is 1.54 bits per heavy atom. The number of carbonyl (C=O) groups is 1. The summed E-state index contributed by atoms with van der Waals surface area (Å²) in [5, 5.41) is 5.52. The maximum Gasteiger partial charge on any atom is 0.256 e. The van der Waals surface area contributed by atoms with Gasteiger partial charge in [-0.15, -0.1) is 11.3 Å². The largest absolute Gasteiger partial charge is 0.322 e. The molecule has 6 aromatic rings. The lowest BCUT2D eigenvalue weighted by atomic mass is 9.97. The van der Waals surface area contributed by atoms with Crippen molar-refractivity contribution in [1.82, 2.24) is 9.97 Å². The van der Waals surface area contributed by atoms with Gasteiger partial charge in [0.05, 0.1) is 27.0 Å². The van der Waals surface area contributed by atoms with Gasteiger partial charge in [0.15, 0.2) is 0 Å². The number of thiazole rings is 1. The Hall–Kier alpha value is -4.06. The molecule has 2 heterocycles. The van der Waals surface area contributed by atoms with Gasteiger partial charge < -0.3 is 5.32 Å². The molecule has 4 nitrogen and oxygen atoms in total.